The van der Waals surface area contributed by atoms with Crippen molar-refractivity contribution in [2.45, 2.75) is 32.8 Å². The summed E-state index contributed by atoms with van der Waals surface area (Å²) in [5.41, 5.74) is 2.35. The molecule has 0 aliphatic heterocycles. The number of methoxy groups -OCH3 is 1. The second kappa shape index (κ2) is 4.94. The molecule has 1 N–H and O–H groups in total. The molecule has 3 heteroatoms. The molecule has 98 valence electrons. The molecule has 0 bridgehead atoms. The quantitative estimate of drug-likeness (QED) is 0.879. The second-order valence-corrected chi connectivity index (χ2v) is 6.06. The lowest BCUT2D eigenvalue weighted by Crippen LogP contribution is -2.24. The highest BCUT2D eigenvalue weighted by Gasteiger charge is 2.28. The van der Waals surface area contributed by atoms with Crippen molar-refractivity contribution in [2.24, 2.45) is 5.41 Å². The molecule has 1 aliphatic rings. The van der Waals surface area contributed by atoms with Gasteiger partial charge in [0.2, 0.25) is 0 Å². The highest BCUT2D eigenvalue weighted by Crippen LogP contribution is 2.40. The molecule has 0 fully saturated rings. The van der Waals surface area contributed by atoms with Crippen molar-refractivity contribution in [1.29, 1.82) is 0 Å². The van der Waals surface area contributed by atoms with E-state index in [4.69, 9.17) is 16.3 Å². The third-order valence-electron chi connectivity index (χ3n) is 3.35. The first kappa shape index (κ1) is 13.4. The smallest absolute Gasteiger partial charge is 0.138 e. The minimum Gasteiger partial charge on any atom is -0.495 e. The molecule has 0 saturated carbocycles. The fourth-order valence-electron chi connectivity index (χ4n) is 2.56. The van der Waals surface area contributed by atoms with E-state index in [1.807, 2.05) is 24.3 Å². The van der Waals surface area contributed by atoms with Gasteiger partial charge in [-0.2, -0.15) is 0 Å². The summed E-state index contributed by atoms with van der Waals surface area (Å²) in [5, 5.41) is 10.5. The molecule has 2 rings (SSSR count). The standard InChI is InChI=1S/C15H19ClO2/c1-15(2)8-11(6-12(17)9-15)10-4-5-13(16)14(7-10)18-3/h4-7,12,17H,8-9H2,1-3H3. The highest BCUT2D eigenvalue weighted by molar-refractivity contribution is 6.32. The number of rotatable bonds is 2. The number of allylic oxidation sites excluding steroid dienone is 1. The Bertz CT molecular complexity index is 477. The van der Waals surface area contributed by atoms with Crippen molar-refractivity contribution >= 4 is 17.2 Å². The largest absolute Gasteiger partial charge is 0.495 e. The Balaban J connectivity index is 2.37. The van der Waals surface area contributed by atoms with E-state index in [-0.39, 0.29) is 11.5 Å². The van der Waals surface area contributed by atoms with Gasteiger partial charge in [0.15, 0.2) is 0 Å². The van der Waals surface area contributed by atoms with Crippen LogP contribution < -0.4 is 4.74 Å². The second-order valence-electron chi connectivity index (χ2n) is 5.65. The van der Waals surface area contributed by atoms with Crippen LogP contribution >= 0.6 is 11.6 Å². The molecule has 1 unspecified atom stereocenters. The number of halogens is 1. The van der Waals surface area contributed by atoms with E-state index in [1.165, 1.54) is 0 Å². The molecule has 1 aliphatic carbocycles. The van der Waals surface area contributed by atoms with Gasteiger partial charge in [0.1, 0.15) is 5.75 Å². The summed E-state index contributed by atoms with van der Waals surface area (Å²) >= 11 is 6.03. The summed E-state index contributed by atoms with van der Waals surface area (Å²) in [6.45, 7) is 4.35. The molecule has 2 nitrogen and oxygen atoms in total. The van der Waals surface area contributed by atoms with Gasteiger partial charge in [-0.3, -0.25) is 0 Å². The molecular weight excluding hydrogens is 248 g/mol. The number of benzene rings is 1. The molecule has 0 heterocycles. The van der Waals surface area contributed by atoms with Crippen molar-refractivity contribution in [2.75, 3.05) is 7.11 Å². The highest BCUT2D eigenvalue weighted by atomic mass is 35.5. The first-order valence-corrected chi connectivity index (χ1v) is 6.52. The first-order valence-electron chi connectivity index (χ1n) is 6.14. The van der Waals surface area contributed by atoms with Gasteiger partial charge in [-0.25, -0.2) is 0 Å². The van der Waals surface area contributed by atoms with Crippen LogP contribution in [-0.4, -0.2) is 18.3 Å². The zero-order valence-electron chi connectivity index (χ0n) is 11.0. The summed E-state index contributed by atoms with van der Waals surface area (Å²) in [4.78, 5) is 0. The van der Waals surface area contributed by atoms with Crippen LogP contribution in [0.1, 0.15) is 32.3 Å². The fraction of sp³-hybridized carbons (Fsp3) is 0.467. The van der Waals surface area contributed by atoms with E-state index in [0.29, 0.717) is 10.8 Å². The first-order chi connectivity index (χ1) is 8.41. The van der Waals surface area contributed by atoms with E-state index in [2.05, 4.69) is 13.8 Å². The van der Waals surface area contributed by atoms with E-state index in [0.717, 1.165) is 24.0 Å². The van der Waals surface area contributed by atoms with Crippen LogP contribution in [0.3, 0.4) is 0 Å². The topological polar surface area (TPSA) is 29.5 Å². The van der Waals surface area contributed by atoms with E-state index in [9.17, 15) is 5.11 Å². The number of aliphatic hydroxyl groups excluding tert-OH is 1. The van der Waals surface area contributed by atoms with Crippen LogP contribution in [0.4, 0.5) is 0 Å². The van der Waals surface area contributed by atoms with Gasteiger partial charge in [-0.05, 0) is 41.5 Å². The molecule has 0 spiro atoms. The van der Waals surface area contributed by atoms with Gasteiger partial charge in [-0.1, -0.05) is 37.6 Å². The lowest BCUT2D eigenvalue weighted by Gasteiger charge is -2.32. The Morgan fingerprint density at radius 3 is 2.72 bits per heavy atom. The normalized spacial score (nSPS) is 22.5. The van der Waals surface area contributed by atoms with E-state index >= 15 is 0 Å². The van der Waals surface area contributed by atoms with E-state index in [1.54, 1.807) is 7.11 Å². The van der Waals surface area contributed by atoms with Gasteiger partial charge in [0.25, 0.3) is 0 Å². The molecule has 18 heavy (non-hydrogen) atoms. The number of hydrogen-bond donors (Lipinski definition) is 1. The third-order valence-corrected chi connectivity index (χ3v) is 3.66. The molecule has 0 aromatic heterocycles. The monoisotopic (exact) mass is 266 g/mol. The van der Waals surface area contributed by atoms with Gasteiger partial charge < -0.3 is 9.84 Å². The predicted octanol–water partition coefficient (Wildman–Crippen LogP) is 3.91. The molecule has 0 amide bonds. The number of hydrogen-bond acceptors (Lipinski definition) is 2. The Hall–Kier alpha value is -0.990. The zero-order valence-corrected chi connectivity index (χ0v) is 11.8. The Morgan fingerprint density at radius 1 is 1.39 bits per heavy atom. The van der Waals surface area contributed by atoms with Crippen LogP contribution in [0.5, 0.6) is 5.75 Å². The summed E-state index contributed by atoms with van der Waals surface area (Å²) in [5.74, 6) is 0.674. The molecule has 1 aromatic carbocycles. The lowest BCUT2D eigenvalue weighted by molar-refractivity contribution is 0.146. The van der Waals surface area contributed by atoms with Crippen molar-refractivity contribution in [1.82, 2.24) is 0 Å². The van der Waals surface area contributed by atoms with Crippen molar-refractivity contribution in [3.63, 3.8) is 0 Å². The molecular formula is C15H19ClO2. The maximum Gasteiger partial charge on any atom is 0.138 e. The van der Waals surface area contributed by atoms with Gasteiger partial charge in [0.05, 0.1) is 18.2 Å². The van der Waals surface area contributed by atoms with Crippen molar-refractivity contribution in [3.05, 3.63) is 34.9 Å². The summed E-state index contributed by atoms with van der Waals surface area (Å²) < 4.78 is 5.23. The average molecular weight is 267 g/mol. The molecule has 0 radical (unpaired) electrons. The third kappa shape index (κ3) is 2.88. The average Bonchev–Trinajstić information content (AvgIpc) is 2.27. The maximum atomic E-state index is 9.92. The molecule has 1 aromatic rings. The molecule has 1 atom stereocenters. The van der Waals surface area contributed by atoms with Gasteiger partial charge in [-0.15, -0.1) is 0 Å². The molecule has 0 saturated heterocycles. The van der Waals surface area contributed by atoms with Crippen LogP contribution in [0.2, 0.25) is 5.02 Å². The number of aliphatic hydroxyl groups is 1. The van der Waals surface area contributed by atoms with Crippen LogP contribution in [-0.2, 0) is 0 Å². The fourth-order valence-corrected chi connectivity index (χ4v) is 2.76. The number of ether oxygens (including phenoxy) is 1. The minimum absolute atomic E-state index is 0.121. The zero-order chi connectivity index (χ0) is 13.3. The Kier molecular flexibility index (Phi) is 3.69. The van der Waals surface area contributed by atoms with E-state index < -0.39 is 0 Å². The minimum atomic E-state index is -0.370. The van der Waals surface area contributed by atoms with Crippen LogP contribution in [0.25, 0.3) is 5.57 Å². The van der Waals surface area contributed by atoms with Crippen LogP contribution in [0, 0.1) is 5.41 Å². The van der Waals surface area contributed by atoms with Crippen molar-refractivity contribution in [3.8, 4) is 5.75 Å². The van der Waals surface area contributed by atoms with Gasteiger partial charge >= 0.3 is 0 Å². The summed E-state index contributed by atoms with van der Waals surface area (Å²) in [7, 11) is 1.61. The maximum absolute atomic E-state index is 9.92. The summed E-state index contributed by atoms with van der Waals surface area (Å²) in [6, 6.07) is 5.75. The summed E-state index contributed by atoms with van der Waals surface area (Å²) in [6.07, 6.45) is 3.33. The van der Waals surface area contributed by atoms with Gasteiger partial charge in [0, 0.05) is 0 Å². The Morgan fingerprint density at radius 2 is 2.11 bits per heavy atom. The van der Waals surface area contributed by atoms with Crippen LogP contribution in [0.15, 0.2) is 24.3 Å². The van der Waals surface area contributed by atoms with Crippen molar-refractivity contribution < 1.29 is 9.84 Å². The SMILES string of the molecule is COc1cc(C2=CC(O)CC(C)(C)C2)ccc1Cl. The predicted molar refractivity (Wildman–Crippen MR) is 75.0 cm³/mol. The lowest BCUT2D eigenvalue weighted by atomic mass is 9.74. The Labute approximate surface area is 113 Å².